The summed E-state index contributed by atoms with van der Waals surface area (Å²) in [6.07, 6.45) is 8.59. The minimum atomic E-state index is -0.0782. The SMILES string of the molecule is CN1Cc2ccccc2C[C@H]1C(=O)N(Cc1ccccn1)C1CCCCC1. The number of nitrogens with zero attached hydrogens (tertiary/aromatic N) is 3. The van der Waals surface area contributed by atoms with E-state index in [0.717, 1.165) is 31.5 Å². The van der Waals surface area contributed by atoms with Crippen LogP contribution in [0.4, 0.5) is 0 Å². The second-order valence-electron chi connectivity index (χ2n) is 7.98. The van der Waals surface area contributed by atoms with Gasteiger partial charge in [0.15, 0.2) is 0 Å². The zero-order chi connectivity index (χ0) is 18.6. The molecule has 1 aliphatic heterocycles. The number of rotatable bonds is 4. The summed E-state index contributed by atoms with van der Waals surface area (Å²) in [7, 11) is 2.08. The molecule has 2 aliphatic rings. The molecule has 27 heavy (non-hydrogen) atoms. The Morgan fingerprint density at radius 1 is 1.07 bits per heavy atom. The molecule has 1 aromatic heterocycles. The molecule has 0 unspecified atom stereocenters. The topological polar surface area (TPSA) is 36.4 Å². The van der Waals surface area contributed by atoms with Crippen LogP contribution in [0.3, 0.4) is 0 Å². The zero-order valence-corrected chi connectivity index (χ0v) is 16.2. The average molecular weight is 364 g/mol. The first kappa shape index (κ1) is 18.2. The van der Waals surface area contributed by atoms with Crippen LogP contribution < -0.4 is 0 Å². The molecule has 142 valence electrons. The van der Waals surface area contributed by atoms with Crippen molar-refractivity contribution in [3.8, 4) is 0 Å². The molecule has 0 bridgehead atoms. The van der Waals surface area contributed by atoms with E-state index < -0.39 is 0 Å². The van der Waals surface area contributed by atoms with Crippen molar-refractivity contribution in [2.75, 3.05) is 7.05 Å². The van der Waals surface area contributed by atoms with Crippen LogP contribution in [0, 0.1) is 0 Å². The maximum atomic E-state index is 13.7. The standard InChI is InChI=1S/C23H29N3O/c1-25-16-19-10-6-5-9-18(19)15-22(25)23(27)26(21-12-3-2-4-13-21)17-20-11-7-8-14-24-20/h5-11,14,21-22H,2-4,12-13,15-17H2,1H3/t22-/m0/s1. The third-order valence-corrected chi connectivity index (χ3v) is 6.13. The van der Waals surface area contributed by atoms with Crippen molar-refractivity contribution in [2.24, 2.45) is 0 Å². The number of hydrogen-bond acceptors (Lipinski definition) is 3. The van der Waals surface area contributed by atoms with Crippen LogP contribution in [-0.2, 0) is 24.3 Å². The molecule has 1 atom stereocenters. The summed E-state index contributed by atoms with van der Waals surface area (Å²) in [5, 5.41) is 0. The quantitative estimate of drug-likeness (QED) is 0.829. The maximum absolute atomic E-state index is 13.7. The van der Waals surface area contributed by atoms with Gasteiger partial charge in [-0.2, -0.15) is 0 Å². The highest BCUT2D eigenvalue weighted by molar-refractivity contribution is 5.83. The van der Waals surface area contributed by atoms with Crippen LogP contribution in [0.5, 0.6) is 0 Å². The van der Waals surface area contributed by atoms with Crippen molar-refractivity contribution in [3.05, 3.63) is 65.5 Å². The lowest BCUT2D eigenvalue weighted by molar-refractivity contribution is -0.141. The van der Waals surface area contributed by atoms with E-state index in [1.807, 2.05) is 24.4 Å². The van der Waals surface area contributed by atoms with Crippen molar-refractivity contribution >= 4 is 5.91 Å². The molecule has 1 saturated carbocycles. The van der Waals surface area contributed by atoms with Gasteiger partial charge in [0.25, 0.3) is 0 Å². The molecule has 2 aromatic rings. The molecule has 4 rings (SSSR count). The van der Waals surface area contributed by atoms with E-state index in [1.54, 1.807) is 0 Å². The molecule has 1 amide bonds. The lowest BCUT2D eigenvalue weighted by atomic mass is 9.90. The zero-order valence-electron chi connectivity index (χ0n) is 16.2. The average Bonchev–Trinajstić information content (AvgIpc) is 2.72. The summed E-state index contributed by atoms with van der Waals surface area (Å²) in [6.45, 7) is 1.46. The van der Waals surface area contributed by atoms with Crippen LogP contribution >= 0.6 is 0 Å². The Morgan fingerprint density at radius 3 is 2.56 bits per heavy atom. The summed E-state index contributed by atoms with van der Waals surface area (Å²) >= 11 is 0. The molecule has 1 aliphatic carbocycles. The summed E-state index contributed by atoms with van der Waals surface area (Å²) in [5.74, 6) is 0.268. The predicted molar refractivity (Wildman–Crippen MR) is 107 cm³/mol. The van der Waals surface area contributed by atoms with Gasteiger partial charge in [-0.15, -0.1) is 0 Å². The molecule has 2 heterocycles. The van der Waals surface area contributed by atoms with E-state index in [9.17, 15) is 4.79 Å². The minimum absolute atomic E-state index is 0.0782. The number of likely N-dealkylation sites (N-methyl/N-ethyl adjacent to an activating group) is 1. The first-order valence-corrected chi connectivity index (χ1v) is 10.2. The van der Waals surface area contributed by atoms with Crippen molar-refractivity contribution in [3.63, 3.8) is 0 Å². The van der Waals surface area contributed by atoms with Gasteiger partial charge in [-0.25, -0.2) is 0 Å². The fraction of sp³-hybridized carbons (Fsp3) is 0.478. The van der Waals surface area contributed by atoms with E-state index in [0.29, 0.717) is 12.6 Å². The van der Waals surface area contributed by atoms with Gasteiger partial charge in [0.05, 0.1) is 18.3 Å². The molecular weight excluding hydrogens is 334 g/mol. The third-order valence-electron chi connectivity index (χ3n) is 6.13. The van der Waals surface area contributed by atoms with E-state index in [-0.39, 0.29) is 11.9 Å². The number of pyridine rings is 1. The lowest BCUT2D eigenvalue weighted by Crippen LogP contribution is -2.53. The van der Waals surface area contributed by atoms with Crippen LogP contribution in [0.2, 0.25) is 0 Å². The van der Waals surface area contributed by atoms with Crippen molar-refractivity contribution in [1.82, 2.24) is 14.8 Å². The van der Waals surface area contributed by atoms with Gasteiger partial charge in [0.2, 0.25) is 5.91 Å². The van der Waals surface area contributed by atoms with Gasteiger partial charge in [-0.3, -0.25) is 14.7 Å². The van der Waals surface area contributed by atoms with Crippen molar-refractivity contribution < 1.29 is 4.79 Å². The van der Waals surface area contributed by atoms with Crippen LogP contribution in [0.25, 0.3) is 0 Å². The summed E-state index contributed by atoms with van der Waals surface area (Å²) < 4.78 is 0. The molecule has 4 heteroatoms. The van der Waals surface area contributed by atoms with E-state index >= 15 is 0 Å². The Morgan fingerprint density at radius 2 is 1.81 bits per heavy atom. The highest BCUT2D eigenvalue weighted by Crippen LogP contribution is 2.28. The maximum Gasteiger partial charge on any atom is 0.240 e. The van der Waals surface area contributed by atoms with Gasteiger partial charge < -0.3 is 4.90 Å². The Bertz CT molecular complexity index is 770. The van der Waals surface area contributed by atoms with Gasteiger partial charge in [0.1, 0.15) is 0 Å². The first-order valence-electron chi connectivity index (χ1n) is 10.2. The van der Waals surface area contributed by atoms with Gasteiger partial charge in [-0.05, 0) is 49.6 Å². The predicted octanol–water partition coefficient (Wildman–Crippen LogP) is 3.80. The number of benzene rings is 1. The number of carbonyl (C=O) groups is 1. The molecule has 1 fully saturated rings. The largest absolute Gasteiger partial charge is 0.332 e. The number of carbonyl (C=O) groups excluding carboxylic acids is 1. The van der Waals surface area contributed by atoms with Crippen LogP contribution in [0.15, 0.2) is 48.7 Å². The first-order chi connectivity index (χ1) is 13.2. The Balaban J connectivity index is 1.58. The van der Waals surface area contributed by atoms with E-state index in [2.05, 4.69) is 46.1 Å². The Labute approximate surface area is 162 Å². The molecular formula is C23H29N3O. The number of aromatic nitrogens is 1. The number of amides is 1. The lowest BCUT2D eigenvalue weighted by Gasteiger charge is -2.40. The van der Waals surface area contributed by atoms with Gasteiger partial charge in [0, 0.05) is 18.8 Å². The second-order valence-corrected chi connectivity index (χ2v) is 7.98. The van der Waals surface area contributed by atoms with Gasteiger partial charge in [-0.1, -0.05) is 49.6 Å². The van der Waals surface area contributed by atoms with Gasteiger partial charge >= 0.3 is 0 Å². The van der Waals surface area contributed by atoms with E-state index in [4.69, 9.17) is 0 Å². The van der Waals surface area contributed by atoms with Crippen molar-refractivity contribution in [2.45, 2.75) is 63.7 Å². The van der Waals surface area contributed by atoms with E-state index in [1.165, 1.54) is 30.4 Å². The summed E-state index contributed by atoms with van der Waals surface area (Å²) in [6, 6.07) is 14.8. The fourth-order valence-electron chi connectivity index (χ4n) is 4.57. The van der Waals surface area contributed by atoms with Crippen LogP contribution in [-0.4, -0.2) is 39.8 Å². The number of fused-ring (bicyclic) bond motifs is 1. The smallest absolute Gasteiger partial charge is 0.240 e. The molecule has 0 radical (unpaired) electrons. The van der Waals surface area contributed by atoms with Crippen LogP contribution in [0.1, 0.15) is 48.9 Å². The Kier molecular flexibility index (Phi) is 5.53. The molecule has 0 N–H and O–H groups in total. The Hall–Kier alpha value is -2.20. The monoisotopic (exact) mass is 363 g/mol. The third kappa shape index (κ3) is 4.06. The minimum Gasteiger partial charge on any atom is -0.332 e. The normalized spacial score (nSPS) is 20.9. The molecule has 1 aromatic carbocycles. The highest BCUT2D eigenvalue weighted by atomic mass is 16.2. The highest BCUT2D eigenvalue weighted by Gasteiger charge is 2.35. The fourth-order valence-corrected chi connectivity index (χ4v) is 4.57. The second kappa shape index (κ2) is 8.22. The molecule has 4 nitrogen and oxygen atoms in total. The molecule has 0 saturated heterocycles. The molecule has 0 spiro atoms. The summed E-state index contributed by atoms with van der Waals surface area (Å²) in [4.78, 5) is 22.5. The number of hydrogen-bond donors (Lipinski definition) is 0. The summed E-state index contributed by atoms with van der Waals surface area (Å²) in [5.41, 5.74) is 3.64. The van der Waals surface area contributed by atoms with Crippen molar-refractivity contribution in [1.29, 1.82) is 0 Å².